The van der Waals surface area contributed by atoms with Gasteiger partial charge in [0.1, 0.15) is 0 Å². The lowest BCUT2D eigenvalue weighted by atomic mass is 10.2. The SMILES string of the molecule is C=Cc1ccc(O)c(O)c1.OCCO. The van der Waals surface area contributed by atoms with Crippen LogP contribution >= 0.6 is 0 Å². The lowest BCUT2D eigenvalue weighted by Gasteiger charge is -1.96. The van der Waals surface area contributed by atoms with Crippen LogP contribution in [0.2, 0.25) is 0 Å². The molecule has 0 spiro atoms. The van der Waals surface area contributed by atoms with Gasteiger partial charge in [0.15, 0.2) is 11.5 Å². The van der Waals surface area contributed by atoms with Crippen LogP contribution in [-0.2, 0) is 0 Å². The molecule has 4 nitrogen and oxygen atoms in total. The van der Waals surface area contributed by atoms with Crippen molar-refractivity contribution in [1.82, 2.24) is 0 Å². The average molecular weight is 198 g/mol. The highest BCUT2D eigenvalue weighted by Gasteiger charge is 1.95. The van der Waals surface area contributed by atoms with Crippen molar-refractivity contribution in [2.24, 2.45) is 0 Å². The van der Waals surface area contributed by atoms with E-state index >= 15 is 0 Å². The maximum atomic E-state index is 8.93. The molecule has 0 fully saturated rings. The summed E-state index contributed by atoms with van der Waals surface area (Å²) in [6, 6.07) is 4.54. The Balaban J connectivity index is 0.000000364. The third-order valence-electron chi connectivity index (χ3n) is 1.34. The Morgan fingerprint density at radius 1 is 1.07 bits per heavy atom. The Bertz CT molecular complexity index is 281. The molecule has 0 heterocycles. The van der Waals surface area contributed by atoms with E-state index in [1.54, 1.807) is 12.1 Å². The van der Waals surface area contributed by atoms with Crippen molar-refractivity contribution in [3.8, 4) is 11.5 Å². The van der Waals surface area contributed by atoms with Crippen LogP contribution in [0.5, 0.6) is 11.5 Å². The topological polar surface area (TPSA) is 80.9 Å². The van der Waals surface area contributed by atoms with Gasteiger partial charge in [0.2, 0.25) is 0 Å². The molecule has 0 amide bonds. The molecule has 1 rings (SSSR count). The van der Waals surface area contributed by atoms with Crippen molar-refractivity contribution in [2.75, 3.05) is 13.2 Å². The van der Waals surface area contributed by atoms with E-state index in [0.717, 1.165) is 5.56 Å². The van der Waals surface area contributed by atoms with Gasteiger partial charge in [0.05, 0.1) is 13.2 Å². The second-order valence-electron chi connectivity index (χ2n) is 2.40. The highest BCUT2D eigenvalue weighted by atomic mass is 16.3. The van der Waals surface area contributed by atoms with E-state index < -0.39 is 0 Å². The Kier molecular flexibility index (Phi) is 6.19. The molecule has 4 heteroatoms. The number of benzene rings is 1. The van der Waals surface area contributed by atoms with Crippen molar-refractivity contribution in [2.45, 2.75) is 0 Å². The zero-order chi connectivity index (χ0) is 11.0. The van der Waals surface area contributed by atoms with Gasteiger partial charge in [-0.25, -0.2) is 0 Å². The summed E-state index contributed by atoms with van der Waals surface area (Å²) in [4.78, 5) is 0. The van der Waals surface area contributed by atoms with Crippen LogP contribution in [0.25, 0.3) is 6.08 Å². The van der Waals surface area contributed by atoms with Crippen molar-refractivity contribution in [1.29, 1.82) is 0 Å². The first-order valence-electron chi connectivity index (χ1n) is 4.01. The van der Waals surface area contributed by atoms with Crippen molar-refractivity contribution < 1.29 is 20.4 Å². The molecule has 78 valence electrons. The molecular formula is C10H14O4. The predicted octanol–water partition coefficient (Wildman–Crippen LogP) is 0.712. The van der Waals surface area contributed by atoms with Gasteiger partial charge in [-0.1, -0.05) is 18.7 Å². The van der Waals surface area contributed by atoms with Gasteiger partial charge in [0.25, 0.3) is 0 Å². The molecule has 4 N–H and O–H groups in total. The summed E-state index contributed by atoms with van der Waals surface area (Å²) in [5.74, 6) is -0.219. The third-order valence-corrected chi connectivity index (χ3v) is 1.34. The zero-order valence-corrected chi connectivity index (χ0v) is 7.72. The van der Waals surface area contributed by atoms with Gasteiger partial charge in [0, 0.05) is 0 Å². The van der Waals surface area contributed by atoms with Crippen molar-refractivity contribution in [3.05, 3.63) is 30.3 Å². The van der Waals surface area contributed by atoms with E-state index in [0.29, 0.717) is 0 Å². The summed E-state index contributed by atoms with van der Waals surface area (Å²) in [5.41, 5.74) is 0.787. The predicted molar refractivity (Wildman–Crippen MR) is 54.0 cm³/mol. The van der Waals surface area contributed by atoms with E-state index in [2.05, 4.69) is 6.58 Å². The number of phenolic OH excluding ortho intramolecular Hbond substituents is 2. The molecule has 0 aliphatic carbocycles. The molecule has 1 aromatic carbocycles. The maximum absolute atomic E-state index is 8.93. The quantitative estimate of drug-likeness (QED) is 0.528. The molecule has 0 unspecified atom stereocenters. The summed E-state index contributed by atoms with van der Waals surface area (Å²) in [6.07, 6.45) is 1.60. The number of rotatable bonds is 2. The Hall–Kier alpha value is -1.52. The third kappa shape index (κ3) is 4.49. The summed E-state index contributed by atoms with van der Waals surface area (Å²) in [5, 5.41) is 33.0. The second-order valence-corrected chi connectivity index (χ2v) is 2.40. The van der Waals surface area contributed by atoms with E-state index in [9.17, 15) is 0 Å². The molecule has 0 aliphatic rings. The summed E-state index contributed by atoms with van der Waals surface area (Å²) >= 11 is 0. The largest absolute Gasteiger partial charge is 0.504 e. The molecule has 0 atom stereocenters. The van der Waals surface area contributed by atoms with Gasteiger partial charge in [-0.2, -0.15) is 0 Å². The first-order valence-corrected chi connectivity index (χ1v) is 4.01. The molecule has 0 saturated heterocycles. The molecule has 0 bridgehead atoms. The van der Waals surface area contributed by atoms with Gasteiger partial charge < -0.3 is 20.4 Å². The highest BCUT2D eigenvalue weighted by Crippen LogP contribution is 2.24. The van der Waals surface area contributed by atoms with Crippen LogP contribution in [0, 0.1) is 0 Å². The highest BCUT2D eigenvalue weighted by molar-refractivity contribution is 5.53. The zero-order valence-electron chi connectivity index (χ0n) is 7.72. The molecular weight excluding hydrogens is 184 g/mol. The molecule has 0 saturated carbocycles. The smallest absolute Gasteiger partial charge is 0.157 e. The molecule has 0 aromatic heterocycles. The fraction of sp³-hybridized carbons (Fsp3) is 0.200. The number of phenols is 2. The average Bonchev–Trinajstić information content (AvgIpc) is 2.22. The normalized spacial score (nSPS) is 8.71. The van der Waals surface area contributed by atoms with E-state index in [1.165, 1.54) is 12.1 Å². The van der Waals surface area contributed by atoms with E-state index in [-0.39, 0.29) is 24.7 Å². The minimum atomic E-state index is -0.125. The van der Waals surface area contributed by atoms with Crippen LogP contribution in [0.15, 0.2) is 24.8 Å². The summed E-state index contributed by atoms with van der Waals surface area (Å²) in [7, 11) is 0. The van der Waals surface area contributed by atoms with Crippen LogP contribution in [-0.4, -0.2) is 33.6 Å². The van der Waals surface area contributed by atoms with Crippen LogP contribution in [0.1, 0.15) is 5.56 Å². The molecule has 14 heavy (non-hydrogen) atoms. The van der Waals surface area contributed by atoms with E-state index in [4.69, 9.17) is 20.4 Å². The molecule has 0 aliphatic heterocycles. The summed E-state index contributed by atoms with van der Waals surface area (Å²) < 4.78 is 0. The Labute approximate surface area is 82.4 Å². The Morgan fingerprint density at radius 2 is 1.64 bits per heavy atom. The van der Waals surface area contributed by atoms with Crippen molar-refractivity contribution in [3.63, 3.8) is 0 Å². The fourth-order valence-corrected chi connectivity index (χ4v) is 0.667. The van der Waals surface area contributed by atoms with Gasteiger partial charge in [-0.15, -0.1) is 0 Å². The first-order chi connectivity index (χ1) is 6.65. The summed E-state index contributed by atoms with van der Waals surface area (Å²) in [6.45, 7) is 3.26. The number of hydrogen-bond acceptors (Lipinski definition) is 4. The second kappa shape index (κ2) is 6.94. The minimum absolute atomic E-state index is 0.106. The maximum Gasteiger partial charge on any atom is 0.157 e. The fourth-order valence-electron chi connectivity index (χ4n) is 0.667. The monoisotopic (exact) mass is 198 g/mol. The van der Waals surface area contributed by atoms with E-state index in [1.807, 2.05) is 0 Å². The number of aliphatic hydroxyl groups excluding tert-OH is 2. The van der Waals surface area contributed by atoms with Crippen LogP contribution < -0.4 is 0 Å². The Morgan fingerprint density at radius 3 is 2.00 bits per heavy atom. The molecule has 1 aromatic rings. The lowest BCUT2D eigenvalue weighted by Crippen LogP contribution is -1.85. The van der Waals surface area contributed by atoms with Gasteiger partial charge >= 0.3 is 0 Å². The number of hydrogen-bond donors (Lipinski definition) is 4. The van der Waals surface area contributed by atoms with Gasteiger partial charge in [-0.05, 0) is 17.7 Å². The lowest BCUT2D eigenvalue weighted by molar-refractivity contribution is 0.186. The van der Waals surface area contributed by atoms with Crippen LogP contribution in [0.4, 0.5) is 0 Å². The van der Waals surface area contributed by atoms with Gasteiger partial charge in [-0.3, -0.25) is 0 Å². The number of aliphatic hydroxyl groups is 2. The molecule has 0 radical (unpaired) electrons. The first kappa shape index (κ1) is 12.5. The minimum Gasteiger partial charge on any atom is -0.504 e. The van der Waals surface area contributed by atoms with Crippen molar-refractivity contribution >= 4 is 6.08 Å². The van der Waals surface area contributed by atoms with Crippen LogP contribution in [0.3, 0.4) is 0 Å². The number of aromatic hydroxyl groups is 2. The standard InChI is InChI=1S/C8H8O2.C2H6O2/c1-2-6-3-4-7(9)8(10)5-6;3-1-2-4/h2-5,9-10H,1H2;3-4H,1-2H2.